The molecule has 11 heteroatoms. The Hall–Kier alpha value is -3.21. The maximum atomic E-state index is 14.8. The highest BCUT2D eigenvalue weighted by Crippen LogP contribution is 2.31. The van der Waals surface area contributed by atoms with E-state index >= 15 is 0 Å². The number of rotatable bonds is 10. The number of amides is 1. The molecule has 1 unspecified atom stereocenters. The summed E-state index contributed by atoms with van der Waals surface area (Å²) in [4.78, 5) is 12.6. The van der Waals surface area contributed by atoms with Crippen molar-refractivity contribution in [3.63, 3.8) is 0 Å². The third-order valence-corrected chi connectivity index (χ3v) is 4.30. The molecule has 0 aliphatic carbocycles. The fraction of sp³-hybridized carbons (Fsp3) is 0.333. The number of halogens is 5. The number of carbonyl (C=O) groups is 1. The van der Waals surface area contributed by atoms with Crippen molar-refractivity contribution in [2.75, 3.05) is 13.2 Å². The SMILES string of the molecule is CCOC(C(=O)NCc1ccc(C(=N)N)cc1)c1c(F)ccc(OCCC(F)(F)F)c1F. The second kappa shape index (κ2) is 10.9. The van der Waals surface area contributed by atoms with Gasteiger partial charge in [0.1, 0.15) is 11.7 Å². The van der Waals surface area contributed by atoms with Gasteiger partial charge in [0.25, 0.3) is 5.91 Å². The summed E-state index contributed by atoms with van der Waals surface area (Å²) in [5.41, 5.74) is 5.73. The van der Waals surface area contributed by atoms with Crippen molar-refractivity contribution in [2.24, 2.45) is 5.73 Å². The molecule has 0 aliphatic heterocycles. The van der Waals surface area contributed by atoms with Gasteiger partial charge in [-0.05, 0) is 24.6 Å². The Morgan fingerprint density at radius 2 is 1.81 bits per heavy atom. The first-order valence-electron chi connectivity index (χ1n) is 9.53. The summed E-state index contributed by atoms with van der Waals surface area (Å²) in [7, 11) is 0. The number of hydrogen-bond donors (Lipinski definition) is 3. The predicted molar refractivity (Wildman–Crippen MR) is 106 cm³/mol. The molecular formula is C21H22F5N3O3. The molecule has 6 nitrogen and oxygen atoms in total. The molecule has 174 valence electrons. The van der Waals surface area contributed by atoms with Gasteiger partial charge in [-0.2, -0.15) is 13.2 Å². The first-order valence-corrected chi connectivity index (χ1v) is 9.53. The Kier molecular flexibility index (Phi) is 8.53. The molecule has 1 amide bonds. The van der Waals surface area contributed by atoms with E-state index in [1.54, 1.807) is 24.3 Å². The van der Waals surface area contributed by atoms with Crippen LogP contribution in [0.3, 0.4) is 0 Å². The van der Waals surface area contributed by atoms with Gasteiger partial charge in [0.2, 0.25) is 0 Å². The number of carbonyl (C=O) groups excluding carboxylic acids is 1. The minimum atomic E-state index is -4.50. The van der Waals surface area contributed by atoms with Gasteiger partial charge in [0.15, 0.2) is 17.7 Å². The Balaban J connectivity index is 2.18. The minimum absolute atomic E-state index is 0.00833. The number of hydrogen-bond acceptors (Lipinski definition) is 4. The van der Waals surface area contributed by atoms with Crippen LogP contribution in [-0.2, 0) is 16.1 Å². The van der Waals surface area contributed by atoms with Crippen molar-refractivity contribution in [1.82, 2.24) is 5.32 Å². The van der Waals surface area contributed by atoms with Gasteiger partial charge < -0.3 is 20.5 Å². The average Bonchev–Trinajstić information content (AvgIpc) is 2.72. The number of nitrogens with two attached hydrogens (primary N) is 1. The summed E-state index contributed by atoms with van der Waals surface area (Å²) in [6, 6.07) is 8.02. The van der Waals surface area contributed by atoms with E-state index in [0.717, 1.165) is 12.1 Å². The molecule has 2 aromatic carbocycles. The predicted octanol–water partition coefficient (Wildman–Crippen LogP) is 3.97. The van der Waals surface area contributed by atoms with Crippen LogP contribution in [0, 0.1) is 17.0 Å². The number of nitrogens with one attached hydrogen (secondary N) is 2. The zero-order chi connectivity index (χ0) is 23.9. The standard InChI is InChI=1S/C21H22F5N3O3/c1-2-31-18(20(30)29-11-12-3-5-13(6-4-12)19(27)28)16-14(22)7-8-15(17(16)23)32-10-9-21(24,25)26/h3-8,18H,2,9-11H2,1H3,(H3,27,28)(H,29,30). The van der Waals surface area contributed by atoms with Gasteiger partial charge in [-0.3, -0.25) is 10.2 Å². The van der Waals surface area contributed by atoms with E-state index in [9.17, 15) is 26.7 Å². The molecule has 0 aliphatic rings. The highest BCUT2D eigenvalue weighted by molar-refractivity contribution is 5.94. The maximum Gasteiger partial charge on any atom is 0.392 e. The van der Waals surface area contributed by atoms with Crippen LogP contribution in [0.15, 0.2) is 36.4 Å². The van der Waals surface area contributed by atoms with Gasteiger partial charge >= 0.3 is 6.18 Å². The molecule has 0 saturated carbocycles. The lowest BCUT2D eigenvalue weighted by molar-refractivity contribution is -0.139. The molecule has 0 spiro atoms. The van der Waals surface area contributed by atoms with E-state index in [1.165, 1.54) is 6.92 Å². The first-order chi connectivity index (χ1) is 15.0. The molecule has 4 N–H and O–H groups in total. The number of ether oxygens (including phenoxy) is 2. The minimum Gasteiger partial charge on any atom is -0.490 e. The van der Waals surface area contributed by atoms with Crippen LogP contribution in [0.4, 0.5) is 22.0 Å². The fourth-order valence-electron chi connectivity index (χ4n) is 2.72. The molecule has 2 aromatic rings. The van der Waals surface area contributed by atoms with E-state index in [2.05, 4.69) is 5.32 Å². The summed E-state index contributed by atoms with van der Waals surface area (Å²) in [6.45, 7) is 0.572. The third-order valence-electron chi connectivity index (χ3n) is 4.30. The zero-order valence-corrected chi connectivity index (χ0v) is 17.1. The largest absolute Gasteiger partial charge is 0.490 e. The lowest BCUT2D eigenvalue weighted by Gasteiger charge is -2.20. The summed E-state index contributed by atoms with van der Waals surface area (Å²) < 4.78 is 76.2. The molecule has 0 heterocycles. The normalized spacial score (nSPS) is 12.3. The molecule has 2 rings (SSSR count). The Morgan fingerprint density at radius 1 is 1.16 bits per heavy atom. The second-order valence-corrected chi connectivity index (χ2v) is 6.65. The van der Waals surface area contributed by atoms with Gasteiger partial charge in [0.05, 0.1) is 18.6 Å². The average molecular weight is 459 g/mol. The summed E-state index contributed by atoms with van der Waals surface area (Å²) in [5, 5.41) is 9.85. The number of alkyl halides is 3. The van der Waals surface area contributed by atoms with E-state index < -0.39 is 54.2 Å². The lowest BCUT2D eigenvalue weighted by atomic mass is 10.1. The summed E-state index contributed by atoms with van der Waals surface area (Å²) in [6.07, 6.45) is -7.52. The topological polar surface area (TPSA) is 97.4 Å². The Morgan fingerprint density at radius 3 is 2.38 bits per heavy atom. The maximum absolute atomic E-state index is 14.8. The van der Waals surface area contributed by atoms with Gasteiger partial charge in [-0.1, -0.05) is 24.3 Å². The Bertz CT molecular complexity index is 949. The van der Waals surface area contributed by atoms with Crippen LogP contribution in [0.2, 0.25) is 0 Å². The van der Waals surface area contributed by atoms with Crippen LogP contribution >= 0.6 is 0 Å². The third kappa shape index (κ3) is 6.91. The van der Waals surface area contributed by atoms with Crippen LogP contribution in [-0.4, -0.2) is 31.1 Å². The first kappa shape index (κ1) is 25.1. The molecule has 0 bridgehead atoms. The van der Waals surface area contributed by atoms with E-state index in [1.807, 2.05) is 0 Å². The molecule has 0 radical (unpaired) electrons. The fourth-order valence-corrected chi connectivity index (χ4v) is 2.72. The van der Waals surface area contributed by atoms with Gasteiger partial charge in [0, 0.05) is 18.7 Å². The highest BCUT2D eigenvalue weighted by Gasteiger charge is 2.31. The molecular weight excluding hydrogens is 437 g/mol. The van der Waals surface area contributed by atoms with Crippen LogP contribution in [0.25, 0.3) is 0 Å². The Labute approximate surface area is 181 Å². The van der Waals surface area contributed by atoms with Crippen LogP contribution < -0.4 is 15.8 Å². The van der Waals surface area contributed by atoms with Crippen LogP contribution in [0.1, 0.15) is 36.1 Å². The van der Waals surface area contributed by atoms with Crippen molar-refractivity contribution >= 4 is 11.7 Å². The molecule has 32 heavy (non-hydrogen) atoms. The smallest absolute Gasteiger partial charge is 0.392 e. The van der Waals surface area contributed by atoms with Crippen molar-refractivity contribution in [1.29, 1.82) is 5.41 Å². The molecule has 0 fully saturated rings. The zero-order valence-electron chi connectivity index (χ0n) is 17.1. The number of nitrogen functional groups attached to an aromatic ring is 1. The van der Waals surface area contributed by atoms with Crippen molar-refractivity contribution in [3.05, 3.63) is 64.7 Å². The van der Waals surface area contributed by atoms with E-state index in [4.69, 9.17) is 20.6 Å². The van der Waals surface area contributed by atoms with Gasteiger partial charge in [-0.25, -0.2) is 8.78 Å². The monoisotopic (exact) mass is 459 g/mol. The summed E-state index contributed by atoms with van der Waals surface area (Å²) >= 11 is 0. The molecule has 0 saturated heterocycles. The number of benzene rings is 2. The molecule has 0 aromatic heterocycles. The van der Waals surface area contributed by atoms with Crippen molar-refractivity contribution < 1.29 is 36.2 Å². The quantitative estimate of drug-likeness (QED) is 0.285. The van der Waals surface area contributed by atoms with Gasteiger partial charge in [-0.15, -0.1) is 0 Å². The highest BCUT2D eigenvalue weighted by atomic mass is 19.4. The van der Waals surface area contributed by atoms with Crippen molar-refractivity contribution in [3.8, 4) is 5.75 Å². The van der Waals surface area contributed by atoms with Crippen LogP contribution in [0.5, 0.6) is 5.75 Å². The summed E-state index contributed by atoms with van der Waals surface area (Å²) in [5.74, 6) is -4.02. The van der Waals surface area contributed by atoms with Crippen molar-refractivity contribution in [2.45, 2.75) is 32.2 Å². The second-order valence-electron chi connectivity index (χ2n) is 6.65. The van der Waals surface area contributed by atoms with E-state index in [-0.39, 0.29) is 19.0 Å². The number of amidine groups is 1. The van der Waals surface area contributed by atoms with E-state index in [0.29, 0.717) is 11.1 Å². The molecule has 1 atom stereocenters. The lowest BCUT2D eigenvalue weighted by Crippen LogP contribution is -2.32.